The van der Waals surface area contributed by atoms with Crippen molar-refractivity contribution in [2.24, 2.45) is 0 Å². The fraction of sp³-hybridized carbons (Fsp3) is 0.240. The molecule has 0 radical (unpaired) electrons. The highest BCUT2D eigenvalue weighted by Crippen LogP contribution is 2.35. The van der Waals surface area contributed by atoms with Gasteiger partial charge in [-0.1, -0.05) is 0 Å². The van der Waals surface area contributed by atoms with E-state index in [0.29, 0.717) is 47.0 Å². The molecule has 0 fully saturated rings. The molecule has 0 aliphatic carbocycles. The van der Waals surface area contributed by atoms with Gasteiger partial charge < -0.3 is 14.8 Å². The molecular weight excluding hydrogens is 423 g/mol. The van der Waals surface area contributed by atoms with E-state index < -0.39 is 5.82 Å². The monoisotopic (exact) mass is 448 g/mol. The number of ether oxygens (including phenoxy) is 2. The second-order valence-corrected chi connectivity index (χ2v) is 7.44. The summed E-state index contributed by atoms with van der Waals surface area (Å²) < 4.78 is 24.9. The second-order valence-electron chi connectivity index (χ2n) is 7.44. The third-order valence-corrected chi connectivity index (χ3v) is 5.23. The number of aromatic amines is 1. The molecule has 0 saturated carbocycles. The Morgan fingerprint density at radius 3 is 2.76 bits per heavy atom. The number of hydrogen-bond acceptors (Lipinski definition) is 5. The number of carbonyl (C=O) groups is 1. The van der Waals surface area contributed by atoms with Crippen LogP contribution in [-0.2, 0) is 6.42 Å². The summed E-state index contributed by atoms with van der Waals surface area (Å²) in [4.78, 5) is 17.4. The van der Waals surface area contributed by atoms with E-state index in [2.05, 4.69) is 15.5 Å². The number of H-pyrrole nitrogens is 1. The number of aryl methyl sites for hydroxylation is 1. The molecule has 0 unspecified atom stereocenters. The van der Waals surface area contributed by atoms with Gasteiger partial charge in [-0.2, -0.15) is 5.10 Å². The summed E-state index contributed by atoms with van der Waals surface area (Å²) in [5, 5.41) is 10.6. The van der Waals surface area contributed by atoms with Gasteiger partial charge in [0, 0.05) is 41.4 Å². The number of benzene rings is 2. The largest absolute Gasteiger partial charge is 0.496 e. The molecule has 33 heavy (non-hydrogen) atoms. The lowest BCUT2D eigenvalue weighted by Crippen LogP contribution is -2.24. The number of pyridine rings is 1. The van der Waals surface area contributed by atoms with Crippen molar-refractivity contribution < 1.29 is 18.7 Å². The van der Waals surface area contributed by atoms with Gasteiger partial charge in [-0.15, -0.1) is 0 Å². The number of hydrogen-bond donors (Lipinski definition) is 2. The van der Waals surface area contributed by atoms with E-state index >= 15 is 0 Å². The summed E-state index contributed by atoms with van der Waals surface area (Å²) in [6.45, 7) is 2.90. The van der Waals surface area contributed by atoms with Crippen molar-refractivity contribution in [1.29, 1.82) is 0 Å². The Labute approximate surface area is 191 Å². The quantitative estimate of drug-likeness (QED) is 0.367. The van der Waals surface area contributed by atoms with Crippen LogP contribution >= 0.6 is 0 Å². The SMILES string of the molecule is CCOc1cc(-c2ccc(F)cc2OC)nc2cc(C(=O)NCCCc3cc[nH]n3)ccc12. The van der Waals surface area contributed by atoms with Gasteiger partial charge in [0.25, 0.3) is 5.91 Å². The third kappa shape index (κ3) is 5.11. The molecule has 170 valence electrons. The van der Waals surface area contributed by atoms with Crippen molar-refractivity contribution >= 4 is 16.8 Å². The molecule has 2 aromatic carbocycles. The van der Waals surface area contributed by atoms with Gasteiger partial charge >= 0.3 is 0 Å². The summed E-state index contributed by atoms with van der Waals surface area (Å²) in [7, 11) is 1.48. The lowest BCUT2D eigenvalue weighted by atomic mass is 10.1. The van der Waals surface area contributed by atoms with Gasteiger partial charge in [-0.3, -0.25) is 9.89 Å². The van der Waals surface area contributed by atoms with Crippen molar-refractivity contribution in [2.75, 3.05) is 20.3 Å². The van der Waals surface area contributed by atoms with Crippen LogP contribution in [0.3, 0.4) is 0 Å². The Kier molecular flexibility index (Phi) is 6.83. The lowest BCUT2D eigenvalue weighted by molar-refractivity contribution is 0.0953. The highest BCUT2D eigenvalue weighted by atomic mass is 19.1. The Morgan fingerprint density at radius 2 is 2.00 bits per heavy atom. The molecule has 2 aromatic heterocycles. The zero-order valence-electron chi connectivity index (χ0n) is 18.5. The Balaban J connectivity index is 1.61. The average Bonchev–Trinajstić information content (AvgIpc) is 3.35. The molecule has 0 saturated heterocycles. The van der Waals surface area contributed by atoms with Gasteiger partial charge in [-0.05, 0) is 56.2 Å². The third-order valence-electron chi connectivity index (χ3n) is 5.23. The standard InChI is InChI=1S/C25H25FN4O3/c1-3-33-24-15-22(19-9-7-17(26)14-23(19)32-2)29-21-13-16(6-8-20(21)24)25(31)27-11-4-5-18-10-12-28-30-18/h6-10,12-15H,3-5,11H2,1-2H3,(H,27,31)(H,28,30). The van der Waals surface area contributed by atoms with Crippen molar-refractivity contribution in [1.82, 2.24) is 20.5 Å². The first-order valence-corrected chi connectivity index (χ1v) is 10.8. The highest BCUT2D eigenvalue weighted by Gasteiger charge is 2.15. The van der Waals surface area contributed by atoms with Crippen LogP contribution in [0.15, 0.2) is 54.7 Å². The maximum atomic E-state index is 13.7. The Hall–Kier alpha value is -3.94. The molecule has 1 amide bonds. The minimum absolute atomic E-state index is 0.177. The van der Waals surface area contributed by atoms with Crippen LogP contribution in [0.1, 0.15) is 29.4 Å². The van der Waals surface area contributed by atoms with Crippen molar-refractivity contribution in [3.05, 3.63) is 71.8 Å². The number of nitrogens with one attached hydrogen (secondary N) is 2. The Morgan fingerprint density at radius 1 is 1.12 bits per heavy atom. The molecule has 0 atom stereocenters. The van der Waals surface area contributed by atoms with Crippen LogP contribution < -0.4 is 14.8 Å². The molecular formula is C25H25FN4O3. The molecule has 0 bridgehead atoms. The fourth-order valence-electron chi connectivity index (χ4n) is 3.63. The van der Waals surface area contributed by atoms with Crippen molar-refractivity contribution in [3.8, 4) is 22.8 Å². The van der Waals surface area contributed by atoms with Crippen LogP contribution in [0.4, 0.5) is 4.39 Å². The van der Waals surface area contributed by atoms with Crippen LogP contribution in [0.5, 0.6) is 11.5 Å². The molecule has 4 rings (SSSR count). The predicted molar refractivity (Wildman–Crippen MR) is 124 cm³/mol. The van der Waals surface area contributed by atoms with Gasteiger partial charge in [0.2, 0.25) is 0 Å². The zero-order chi connectivity index (χ0) is 23.2. The first kappa shape index (κ1) is 22.3. The van der Waals surface area contributed by atoms with E-state index in [1.807, 2.05) is 19.1 Å². The van der Waals surface area contributed by atoms with Crippen LogP contribution in [0, 0.1) is 5.82 Å². The number of halogens is 1. The average molecular weight is 448 g/mol. The van der Waals surface area contributed by atoms with E-state index in [1.54, 1.807) is 30.5 Å². The summed E-state index contributed by atoms with van der Waals surface area (Å²) in [5.74, 6) is 0.432. The van der Waals surface area contributed by atoms with Crippen LogP contribution in [0.25, 0.3) is 22.2 Å². The second kappa shape index (κ2) is 10.1. The molecule has 8 heteroatoms. The van der Waals surface area contributed by atoms with Crippen LogP contribution in [-0.4, -0.2) is 41.3 Å². The fourth-order valence-corrected chi connectivity index (χ4v) is 3.63. The topological polar surface area (TPSA) is 89.1 Å². The number of fused-ring (bicyclic) bond motifs is 1. The number of rotatable bonds is 9. The van der Waals surface area contributed by atoms with Crippen molar-refractivity contribution in [2.45, 2.75) is 19.8 Å². The zero-order valence-corrected chi connectivity index (χ0v) is 18.5. The predicted octanol–water partition coefficient (Wildman–Crippen LogP) is 4.53. The first-order valence-electron chi connectivity index (χ1n) is 10.8. The van der Waals surface area contributed by atoms with E-state index in [0.717, 1.165) is 23.9 Å². The normalized spacial score (nSPS) is 10.9. The van der Waals surface area contributed by atoms with Gasteiger partial charge in [0.15, 0.2) is 0 Å². The molecule has 0 aliphatic rings. The minimum Gasteiger partial charge on any atom is -0.496 e. The molecule has 2 N–H and O–H groups in total. The molecule has 0 aliphatic heterocycles. The first-order chi connectivity index (χ1) is 16.1. The number of carbonyl (C=O) groups excluding carboxylic acids is 1. The van der Waals surface area contributed by atoms with E-state index in [-0.39, 0.29) is 5.91 Å². The lowest BCUT2D eigenvalue weighted by Gasteiger charge is -2.13. The summed E-state index contributed by atoms with van der Waals surface area (Å²) in [6, 6.07) is 13.3. The summed E-state index contributed by atoms with van der Waals surface area (Å²) in [6.07, 6.45) is 3.34. The molecule has 2 heterocycles. The van der Waals surface area contributed by atoms with E-state index in [9.17, 15) is 9.18 Å². The minimum atomic E-state index is -0.396. The Bertz CT molecular complexity index is 1260. The highest BCUT2D eigenvalue weighted by molar-refractivity contribution is 5.99. The summed E-state index contributed by atoms with van der Waals surface area (Å²) >= 11 is 0. The maximum absolute atomic E-state index is 13.7. The van der Waals surface area contributed by atoms with Gasteiger partial charge in [-0.25, -0.2) is 9.37 Å². The number of nitrogens with zero attached hydrogens (tertiary/aromatic N) is 2. The van der Waals surface area contributed by atoms with Crippen molar-refractivity contribution in [3.63, 3.8) is 0 Å². The van der Waals surface area contributed by atoms with Gasteiger partial charge in [0.05, 0.1) is 30.6 Å². The van der Waals surface area contributed by atoms with E-state index in [4.69, 9.17) is 14.5 Å². The van der Waals surface area contributed by atoms with E-state index in [1.165, 1.54) is 19.2 Å². The van der Waals surface area contributed by atoms with Crippen LogP contribution in [0.2, 0.25) is 0 Å². The molecule has 0 spiro atoms. The smallest absolute Gasteiger partial charge is 0.251 e. The summed E-state index contributed by atoms with van der Waals surface area (Å²) in [5.41, 5.74) is 3.27. The molecule has 7 nitrogen and oxygen atoms in total. The van der Waals surface area contributed by atoms with Gasteiger partial charge in [0.1, 0.15) is 17.3 Å². The maximum Gasteiger partial charge on any atom is 0.251 e. The molecule has 4 aromatic rings. The number of aromatic nitrogens is 3. The number of amides is 1. The number of methoxy groups -OCH3 is 1.